The van der Waals surface area contributed by atoms with Crippen LogP contribution in [0.25, 0.3) is 0 Å². The maximum Gasteiger partial charge on any atom is 0.251 e. The number of amides is 2. The standard InChI is InChI=1S/C32H43N5O3S/c1-19(2)30(33)41-31(34)23-9-11-27(12-10-23)40-28-16-24(7-8-25(28)18-37-17-20(3)13-29(37)38)32(39)35-26-14-21(4)36(6)22(5)15-26/h7-12,16,19-22,26,33-34H,13-15,17-18H2,1-6H3,(H,35,39)/t20-,21-,22+,26?/m0/s1. The number of piperidine rings is 1. The second kappa shape index (κ2) is 13.2. The number of hydrogen-bond acceptors (Lipinski definition) is 7. The third kappa shape index (κ3) is 7.77. The average Bonchev–Trinajstić information content (AvgIpc) is 3.24. The van der Waals surface area contributed by atoms with E-state index in [0.717, 1.165) is 30.2 Å². The lowest BCUT2D eigenvalue weighted by atomic mass is 9.93. The zero-order valence-electron chi connectivity index (χ0n) is 25.0. The molecular formula is C32H43N5O3S. The molecule has 0 saturated carbocycles. The van der Waals surface area contributed by atoms with Gasteiger partial charge >= 0.3 is 0 Å². The van der Waals surface area contributed by atoms with Gasteiger partial charge in [-0.2, -0.15) is 0 Å². The Balaban J connectivity index is 1.54. The van der Waals surface area contributed by atoms with E-state index >= 15 is 0 Å². The summed E-state index contributed by atoms with van der Waals surface area (Å²) in [7, 11) is 2.13. The summed E-state index contributed by atoms with van der Waals surface area (Å²) in [5.41, 5.74) is 2.06. The minimum atomic E-state index is -0.130. The van der Waals surface area contributed by atoms with Gasteiger partial charge < -0.3 is 19.9 Å². The first kappa shape index (κ1) is 30.8. The van der Waals surface area contributed by atoms with E-state index in [4.69, 9.17) is 15.6 Å². The molecule has 2 heterocycles. The van der Waals surface area contributed by atoms with Gasteiger partial charge in [0.25, 0.3) is 5.91 Å². The van der Waals surface area contributed by atoms with Crippen LogP contribution in [0.1, 0.15) is 75.4 Å². The number of hydrogen-bond donors (Lipinski definition) is 3. The first-order valence-electron chi connectivity index (χ1n) is 14.5. The molecule has 1 unspecified atom stereocenters. The van der Waals surface area contributed by atoms with Gasteiger partial charge in [-0.3, -0.25) is 20.4 Å². The molecule has 0 radical (unpaired) electrons. The Kier molecular flexibility index (Phi) is 9.92. The number of nitrogens with zero attached hydrogens (tertiary/aromatic N) is 2. The lowest BCUT2D eigenvalue weighted by Gasteiger charge is -2.40. The molecule has 4 rings (SSSR count). The number of carbonyl (C=O) groups excluding carboxylic acids is 2. The molecule has 4 atom stereocenters. The molecule has 9 heteroatoms. The minimum Gasteiger partial charge on any atom is -0.457 e. The quantitative estimate of drug-likeness (QED) is 0.258. The van der Waals surface area contributed by atoms with Crippen LogP contribution in [0.2, 0.25) is 0 Å². The maximum atomic E-state index is 13.3. The van der Waals surface area contributed by atoms with E-state index in [1.54, 1.807) is 18.2 Å². The van der Waals surface area contributed by atoms with Crippen molar-refractivity contribution in [3.8, 4) is 11.5 Å². The van der Waals surface area contributed by atoms with Gasteiger partial charge in [0.05, 0.1) is 5.04 Å². The molecule has 220 valence electrons. The van der Waals surface area contributed by atoms with Crippen LogP contribution in [0.15, 0.2) is 42.5 Å². The van der Waals surface area contributed by atoms with Gasteiger partial charge in [0.1, 0.15) is 16.5 Å². The number of ether oxygens (including phenoxy) is 1. The highest BCUT2D eigenvalue weighted by Gasteiger charge is 2.30. The fraction of sp³-hybridized carbons (Fsp3) is 0.500. The topological polar surface area (TPSA) is 110 Å². The minimum absolute atomic E-state index is 0.0718. The van der Waals surface area contributed by atoms with Crippen molar-refractivity contribution in [2.24, 2.45) is 11.8 Å². The van der Waals surface area contributed by atoms with Gasteiger partial charge in [-0.25, -0.2) is 0 Å². The van der Waals surface area contributed by atoms with Crippen LogP contribution >= 0.6 is 11.8 Å². The van der Waals surface area contributed by atoms with E-state index in [1.807, 2.05) is 43.0 Å². The van der Waals surface area contributed by atoms with E-state index in [1.165, 1.54) is 0 Å². The van der Waals surface area contributed by atoms with Gasteiger partial charge in [0.2, 0.25) is 5.91 Å². The molecule has 41 heavy (non-hydrogen) atoms. The first-order chi connectivity index (χ1) is 19.4. The SMILES string of the molecule is CC(C)C(=N)SC(=N)c1ccc(Oc2cc(C(=O)NC3C[C@@H](C)N(C)[C@@H](C)C3)ccc2CN2C[C@@H](C)CC2=O)cc1. The maximum absolute atomic E-state index is 13.3. The molecule has 0 bridgehead atoms. The van der Waals surface area contributed by atoms with Crippen LogP contribution in [0.4, 0.5) is 0 Å². The largest absolute Gasteiger partial charge is 0.457 e. The van der Waals surface area contributed by atoms with Crippen LogP contribution < -0.4 is 10.1 Å². The molecule has 8 nitrogen and oxygen atoms in total. The third-order valence-electron chi connectivity index (χ3n) is 8.16. The molecule has 2 aromatic carbocycles. The van der Waals surface area contributed by atoms with Crippen molar-refractivity contribution in [1.29, 1.82) is 10.8 Å². The van der Waals surface area contributed by atoms with Crippen LogP contribution in [0.5, 0.6) is 11.5 Å². The number of nitrogens with one attached hydrogen (secondary N) is 3. The lowest BCUT2D eigenvalue weighted by molar-refractivity contribution is -0.128. The van der Waals surface area contributed by atoms with Gasteiger partial charge in [-0.15, -0.1) is 0 Å². The second-order valence-electron chi connectivity index (χ2n) is 12.0. The van der Waals surface area contributed by atoms with E-state index in [2.05, 4.69) is 38.0 Å². The van der Waals surface area contributed by atoms with Crippen molar-refractivity contribution in [3.05, 3.63) is 59.2 Å². The van der Waals surface area contributed by atoms with Crippen LogP contribution in [0.3, 0.4) is 0 Å². The molecule has 0 aliphatic carbocycles. The highest BCUT2D eigenvalue weighted by atomic mass is 32.2. The molecule has 2 aromatic rings. The Labute approximate surface area is 248 Å². The summed E-state index contributed by atoms with van der Waals surface area (Å²) in [5, 5.41) is 20.4. The van der Waals surface area contributed by atoms with Crippen molar-refractivity contribution < 1.29 is 14.3 Å². The molecular weight excluding hydrogens is 534 g/mol. The van der Waals surface area contributed by atoms with Gasteiger partial charge in [0, 0.05) is 60.2 Å². The van der Waals surface area contributed by atoms with Gasteiger partial charge in [0.15, 0.2) is 0 Å². The van der Waals surface area contributed by atoms with E-state index in [9.17, 15) is 9.59 Å². The predicted octanol–water partition coefficient (Wildman–Crippen LogP) is 6.14. The molecule has 2 aliphatic rings. The summed E-state index contributed by atoms with van der Waals surface area (Å²) in [6.45, 7) is 11.5. The molecule has 2 saturated heterocycles. The molecule has 2 fully saturated rings. The summed E-state index contributed by atoms with van der Waals surface area (Å²) in [6, 6.07) is 13.6. The highest BCUT2D eigenvalue weighted by Crippen LogP contribution is 2.31. The number of rotatable bonds is 8. The highest BCUT2D eigenvalue weighted by molar-refractivity contribution is 8.26. The van der Waals surface area contributed by atoms with Crippen molar-refractivity contribution in [2.45, 2.75) is 78.6 Å². The molecule has 0 aromatic heterocycles. The zero-order valence-corrected chi connectivity index (χ0v) is 25.8. The predicted molar refractivity (Wildman–Crippen MR) is 166 cm³/mol. The van der Waals surface area contributed by atoms with Crippen LogP contribution in [-0.4, -0.2) is 63.4 Å². The fourth-order valence-electron chi connectivity index (χ4n) is 5.41. The van der Waals surface area contributed by atoms with Crippen molar-refractivity contribution in [1.82, 2.24) is 15.1 Å². The summed E-state index contributed by atoms with van der Waals surface area (Å²) in [5.74, 6) is 1.49. The Morgan fingerprint density at radius 2 is 1.68 bits per heavy atom. The van der Waals surface area contributed by atoms with E-state index < -0.39 is 0 Å². The fourth-order valence-corrected chi connectivity index (χ4v) is 6.12. The van der Waals surface area contributed by atoms with Crippen molar-refractivity contribution >= 4 is 33.7 Å². The Bertz CT molecular complexity index is 1280. The summed E-state index contributed by atoms with van der Waals surface area (Å²) in [6.07, 6.45) is 2.35. The zero-order chi connectivity index (χ0) is 29.8. The van der Waals surface area contributed by atoms with Crippen LogP contribution in [-0.2, 0) is 11.3 Å². The van der Waals surface area contributed by atoms with Gasteiger partial charge in [-0.1, -0.05) is 38.6 Å². The summed E-state index contributed by atoms with van der Waals surface area (Å²) in [4.78, 5) is 30.1. The number of benzene rings is 2. The van der Waals surface area contributed by atoms with Gasteiger partial charge in [-0.05, 0) is 76.1 Å². The number of carbonyl (C=O) groups is 2. The average molecular weight is 578 g/mol. The lowest BCUT2D eigenvalue weighted by Crippen LogP contribution is -2.51. The number of likely N-dealkylation sites (tertiary alicyclic amines) is 2. The van der Waals surface area contributed by atoms with E-state index in [0.29, 0.717) is 70.2 Å². The monoisotopic (exact) mass is 577 g/mol. The second-order valence-corrected chi connectivity index (χ2v) is 13.0. The Morgan fingerprint density at radius 1 is 1.05 bits per heavy atom. The molecule has 2 amide bonds. The molecule has 3 N–H and O–H groups in total. The summed E-state index contributed by atoms with van der Waals surface area (Å²) < 4.78 is 6.32. The summed E-state index contributed by atoms with van der Waals surface area (Å²) >= 11 is 1.15. The Hall–Kier alpha value is -3.17. The third-order valence-corrected chi connectivity index (χ3v) is 9.29. The Morgan fingerprint density at radius 3 is 2.27 bits per heavy atom. The number of thioether (sulfide) groups is 1. The van der Waals surface area contributed by atoms with Crippen molar-refractivity contribution in [3.63, 3.8) is 0 Å². The molecule has 2 aliphatic heterocycles. The first-order valence-corrected chi connectivity index (χ1v) is 15.3. The van der Waals surface area contributed by atoms with Crippen LogP contribution in [0, 0.1) is 22.7 Å². The smallest absolute Gasteiger partial charge is 0.251 e. The normalized spacial score (nSPS) is 23.1. The van der Waals surface area contributed by atoms with Crippen molar-refractivity contribution in [2.75, 3.05) is 13.6 Å². The molecule has 0 spiro atoms. The van der Waals surface area contributed by atoms with E-state index in [-0.39, 0.29) is 23.8 Å².